The van der Waals surface area contributed by atoms with E-state index in [-0.39, 0.29) is 11.9 Å². The van der Waals surface area contributed by atoms with E-state index < -0.39 is 0 Å². The first-order valence-electron chi connectivity index (χ1n) is 9.83. The second-order valence-corrected chi connectivity index (χ2v) is 8.19. The molecule has 1 heterocycles. The monoisotopic (exact) mass is 370 g/mol. The number of carbonyl (C=O) groups excluding carboxylic acids is 1. The smallest absolute Gasteiger partial charge is 0.238 e. The van der Waals surface area contributed by atoms with Crippen molar-refractivity contribution in [3.63, 3.8) is 0 Å². The Morgan fingerprint density at radius 2 is 1.70 bits per heavy atom. The SMILES string of the molecule is CC(C)c1cccc(C(C)C)c1NC(=O)CN(Cc1cnn(C)c1)C(C)C. The minimum absolute atomic E-state index is 0.0302. The molecule has 5 heteroatoms. The highest BCUT2D eigenvalue weighted by molar-refractivity contribution is 5.94. The van der Waals surface area contributed by atoms with Crippen LogP contribution < -0.4 is 5.32 Å². The van der Waals surface area contributed by atoms with Crippen molar-refractivity contribution in [2.24, 2.45) is 7.05 Å². The van der Waals surface area contributed by atoms with Gasteiger partial charge in [-0.3, -0.25) is 14.4 Å². The first kappa shape index (κ1) is 21.2. The highest BCUT2D eigenvalue weighted by atomic mass is 16.2. The fraction of sp³-hybridized carbons (Fsp3) is 0.545. The van der Waals surface area contributed by atoms with Gasteiger partial charge in [0.2, 0.25) is 5.91 Å². The van der Waals surface area contributed by atoms with Crippen molar-refractivity contribution < 1.29 is 4.79 Å². The molecule has 0 unspecified atom stereocenters. The molecule has 0 spiro atoms. The lowest BCUT2D eigenvalue weighted by Crippen LogP contribution is -2.37. The fourth-order valence-electron chi connectivity index (χ4n) is 3.27. The maximum Gasteiger partial charge on any atom is 0.238 e. The molecule has 148 valence electrons. The Balaban J connectivity index is 2.18. The van der Waals surface area contributed by atoms with Gasteiger partial charge in [0, 0.05) is 37.1 Å². The Morgan fingerprint density at radius 3 is 2.15 bits per heavy atom. The van der Waals surface area contributed by atoms with Crippen LogP contribution in [0.15, 0.2) is 30.6 Å². The lowest BCUT2D eigenvalue weighted by atomic mass is 9.92. The van der Waals surface area contributed by atoms with E-state index in [9.17, 15) is 4.79 Å². The average molecular weight is 371 g/mol. The average Bonchev–Trinajstić information content (AvgIpc) is 2.98. The molecule has 1 N–H and O–H groups in total. The molecule has 1 amide bonds. The number of rotatable bonds is 8. The van der Waals surface area contributed by atoms with Crippen LogP contribution in [0, 0.1) is 0 Å². The zero-order chi connectivity index (χ0) is 20.1. The summed E-state index contributed by atoms with van der Waals surface area (Å²) in [6, 6.07) is 6.58. The number of nitrogens with zero attached hydrogens (tertiary/aromatic N) is 3. The second-order valence-electron chi connectivity index (χ2n) is 8.19. The van der Waals surface area contributed by atoms with Gasteiger partial charge in [0.15, 0.2) is 0 Å². The Labute approximate surface area is 163 Å². The summed E-state index contributed by atoms with van der Waals surface area (Å²) in [5.74, 6) is 0.744. The van der Waals surface area contributed by atoms with Gasteiger partial charge in [-0.25, -0.2) is 0 Å². The third kappa shape index (κ3) is 5.67. The van der Waals surface area contributed by atoms with Crippen molar-refractivity contribution in [2.45, 2.75) is 66.0 Å². The summed E-state index contributed by atoms with van der Waals surface area (Å²) in [4.78, 5) is 15.1. The molecule has 0 radical (unpaired) electrons. The van der Waals surface area contributed by atoms with E-state index in [1.807, 2.05) is 19.4 Å². The zero-order valence-corrected chi connectivity index (χ0v) is 17.8. The molecule has 0 saturated heterocycles. The Morgan fingerprint density at radius 1 is 1.11 bits per heavy atom. The van der Waals surface area contributed by atoms with Gasteiger partial charge in [-0.15, -0.1) is 0 Å². The topological polar surface area (TPSA) is 50.2 Å². The minimum Gasteiger partial charge on any atom is -0.324 e. The van der Waals surface area contributed by atoms with Crippen LogP contribution in [0.2, 0.25) is 0 Å². The van der Waals surface area contributed by atoms with Gasteiger partial charge in [0.1, 0.15) is 0 Å². The zero-order valence-electron chi connectivity index (χ0n) is 17.8. The van der Waals surface area contributed by atoms with E-state index in [2.05, 4.69) is 75.1 Å². The van der Waals surface area contributed by atoms with Gasteiger partial charge in [-0.1, -0.05) is 45.9 Å². The molecule has 5 nitrogen and oxygen atoms in total. The molecule has 2 rings (SSSR count). The predicted molar refractivity (Wildman–Crippen MR) is 112 cm³/mol. The molecule has 1 aromatic heterocycles. The summed E-state index contributed by atoms with van der Waals surface area (Å²) in [6.45, 7) is 14.0. The molecule has 27 heavy (non-hydrogen) atoms. The molecule has 1 aromatic carbocycles. The molecule has 0 atom stereocenters. The van der Waals surface area contributed by atoms with Crippen LogP contribution in [0.4, 0.5) is 5.69 Å². The van der Waals surface area contributed by atoms with E-state index in [4.69, 9.17) is 0 Å². The van der Waals surface area contributed by atoms with Crippen LogP contribution in [-0.2, 0) is 18.4 Å². The molecular formula is C22H34N4O. The molecule has 2 aromatic rings. The molecule has 0 aliphatic heterocycles. The fourth-order valence-corrected chi connectivity index (χ4v) is 3.27. The Kier molecular flexibility index (Phi) is 7.19. The first-order valence-corrected chi connectivity index (χ1v) is 9.83. The number of carbonyl (C=O) groups is 1. The van der Waals surface area contributed by atoms with E-state index in [0.717, 1.165) is 11.3 Å². The predicted octanol–water partition coefficient (Wildman–Crippen LogP) is 4.52. The molecule has 0 aliphatic rings. The number of aryl methyl sites for hydroxylation is 1. The van der Waals surface area contributed by atoms with Crippen molar-refractivity contribution in [3.8, 4) is 0 Å². The highest BCUT2D eigenvalue weighted by Gasteiger charge is 2.19. The highest BCUT2D eigenvalue weighted by Crippen LogP contribution is 2.32. The van der Waals surface area contributed by atoms with Gasteiger partial charge in [0.25, 0.3) is 0 Å². The van der Waals surface area contributed by atoms with Crippen molar-refractivity contribution in [2.75, 3.05) is 11.9 Å². The summed E-state index contributed by atoms with van der Waals surface area (Å²) in [5.41, 5.74) is 4.48. The van der Waals surface area contributed by atoms with Crippen LogP contribution in [0.25, 0.3) is 0 Å². The maximum atomic E-state index is 12.9. The molecule has 0 saturated carbocycles. The summed E-state index contributed by atoms with van der Waals surface area (Å²) >= 11 is 0. The van der Waals surface area contributed by atoms with E-state index in [1.54, 1.807) is 4.68 Å². The lowest BCUT2D eigenvalue weighted by molar-refractivity contribution is -0.117. The van der Waals surface area contributed by atoms with Crippen molar-refractivity contribution in [1.29, 1.82) is 0 Å². The van der Waals surface area contributed by atoms with Gasteiger partial charge in [-0.05, 0) is 36.8 Å². The summed E-state index contributed by atoms with van der Waals surface area (Å²) in [6.07, 6.45) is 3.86. The largest absolute Gasteiger partial charge is 0.324 e. The van der Waals surface area contributed by atoms with Gasteiger partial charge in [-0.2, -0.15) is 5.10 Å². The molecular weight excluding hydrogens is 336 g/mol. The van der Waals surface area contributed by atoms with Crippen molar-refractivity contribution in [3.05, 3.63) is 47.3 Å². The van der Waals surface area contributed by atoms with Gasteiger partial charge >= 0.3 is 0 Å². The number of aromatic nitrogens is 2. The molecule has 0 bridgehead atoms. The second kappa shape index (κ2) is 9.18. The van der Waals surface area contributed by atoms with Gasteiger partial charge in [0.05, 0.1) is 12.7 Å². The number of amides is 1. The van der Waals surface area contributed by atoms with Crippen molar-refractivity contribution in [1.82, 2.24) is 14.7 Å². The number of anilines is 1. The number of hydrogen-bond donors (Lipinski definition) is 1. The third-order valence-electron chi connectivity index (χ3n) is 4.86. The van der Waals surface area contributed by atoms with E-state index in [0.29, 0.717) is 24.9 Å². The number of hydrogen-bond acceptors (Lipinski definition) is 3. The maximum absolute atomic E-state index is 12.9. The van der Waals surface area contributed by atoms with Crippen LogP contribution in [0.5, 0.6) is 0 Å². The quantitative estimate of drug-likeness (QED) is 0.743. The molecule has 0 aliphatic carbocycles. The lowest BCUT2D eigenvalue weighted by Gasteiger charge is -2.26. The van der Waals surface area contributed by atoms with E-state index in [1.165, 1.54) is 11.1 Å². The van der Waals surface area contributed by atoms with Crippen LogP contribution in [0.3, 0.4) is 0 Å². The van der Waals surface area contributed by atoms with Crippen LogP contribution >= 0.6 is 0 Å². The Hall–Kier alpha value is -2.14. The minimum atomic E-state index is 0.0302. The van der Waals surface area contributed by atoms with Gasteiger partial charge < -0.3 is 5.32 Å². The summed E-state index contributed by atoms with van der Waals surface area (Å²) in [5, 5.41) is 7.44. The summed E-state index contributed by atoms with van der Waals surface area (Å²) in [7, 11) is 1.91. The summed E-state index contributed by atoms with van der Waals surface area (Å²) < 4.78 is 1.79. The number of benzene rings is 1. The number of nitrogens with one attached hydrogen (secondary N) is 1. The van der Waals surface area contributed by atoms with Crippen LogP contribution in [0.1, 0.15) is 70.1 Å². The standard InChI is InChI=1S/C22H34N4O/c1-15(2)19-9-8-10-20(16(3)4)22(19)24-21(27)14-26(17(5)6)13-18-11-23-25(7)12-18/h8-12,15-17H,13-14H2,1-7H3,(H,24,27). The van der Waals surface area contributed by atoms with Crippen molar-refractivity contribution >= 4 is 11.6 Å². The molecule has 0 fully saturated rings. The normalized spacial score (nSPS) is 11.8. The van der Waals surface area contributed by atoms with Crippen LogP contribution in [-0.4, -0.2) is 33.2 Å². The van der Waals surface area contributed by atoms with E-state index >= 15 is 0 Å². The Bertz CT molecular complexity index is 735. The number of para-hydroxylation sites is 1. The third-order valence-corrected chi connectivity index (χ3v) is 4.86. The first-order chi connectivity index (χ1) is 12.7.